The molecule has 0 unspecified atom stereocenters. The molecule has 1 N–H and O–H groups in total. The van der Waals surface area contributed by atoms with Crippen LogP contribution in [0.15, 0.2) is 77.7 Å². The van der Waals surface area contributed by atoms with E-state index in [-0.39, 0.29) is 29.1 Å². The quantitative estimate of drug-likeness (QED) is 0.230. The van der Waals surface area contributed by atoms with Crippen molar-refractivity contribution in [1.82, 2.24) is 10.2 Å². The number of amides is 2. The summed E-state index contributed by atoms with van der Waals surface area (Å²) in [6.07, 6.45) is 4.25. The van der Waals surface area contributed by atoms with Gasteiger partial charge in [0.05, 0.1) is 17.2 Å². The number of halogens is 2. The molecule has 0 spiro atoms. The summed E-state index contributed by atoms with van der Waals surface area (Å²) in [6.45, 7) is 3.72. The monoisotopic (exact) mass is 645 g/mol. The van der Waals surface area contributed by atoms with E-state index in [2.05, 4.69) is 5.32 Å². The summed E-state index contributed by atoms with van der Waals surface area (Å²) in [5.74, 6) is -0.194. The number of ether oxygens (including phenoxy) is 1. The molecular weight excluding hydrogens is 609 g/mol. The number of benzene rings is 3. The van der Waals surface area contributed by atoms with Gasteiger partial charge in [0.25, 0.3) is 10.0 Å². The average Bonchev–Trinajstić information content (AvgIpc) is 3.50. The number of anilines is 1. The smallest absolute Gasteiger partial charge is 0.264 e. The van der Waals surface area contributed by atoms with E-state index >= 15 is 0 Å². The fourth-order valence-electron chi connectivity index (χ4n) is 5.21. The molecule has 0 saturated heterocycles. The fraction of sp³-hybridized carbons (Fsp3) is 0.375. The Kier molecular flexibility index (Phi) is 11.3. The molecule has 0 aliphatic heterocycles. The van der Waals surface area contributed by atoms with Gasteiger partial charge in [0.1, 0.15) is 18.3 Å². The lowest BCUT2D eigenvalue weighted by Crippen LogP contribution is -2.53. The number of carbonyl (C=O) groups excluding carboxylic acids is 2. The Morgan fingerprint density at radius 1 is 0.907 bits per heavy atom. The molecule has 4 rings (SSSR count). The SMILES string of the molecule is CCOc1ccc(N(CC(=O)N(Cc2ccc(Cl)cc2)[C@H](CC)C(=O)NC2CCCC2)S(=O)(=O)c2ccc(Cl)cc2)cc1. The van der Waals surface area contributed by atoms with Crippen molar-refractivity contribution in [1.29, 1.82) is 0 Å². The molecule has 2 amide bonds. The fourth-order valence-corrected chi connectivity index (χ4v) is 6.88. The van der Waals surface area contributed by atoms with Crippen molar-refractivity contribution in [2.75, 3.05) is 17.5 Å². The van der Waals surface area contributed by atoms with Gasteiger partial charge in [0.15, 0.2) is 0 Å². The largest absolute Gasteiger partial charge is 0.494 e. The van der Waals surface area contributed by atoms with Crippen LogP contribution < -0.4 is 14.4 Å². The first-order valence-corrected chi connectivity index (χ1v) is 16.7. The zero-order valence-electron chi connectivity index (χ0n) is 24.3. The van der Waals surface area contributed by atoms with E-state index in [0.717, 1.165) is 35.6 Å². The summed E-state index contributed by atoms with van der Waals surface area (Å²) < 4.78 is 34.6. The van der Waals surface area contributed by atoms with E-state index in [1.807, 2.05) is 13.8 Å². The maximum atomic E-state index is 14.2. The number of hydrogen-bond donors (Lipinski definition) is 1. The van der Waals surface area contributed by atoms with Crippen molar-refractivity contribution >= 4 is 50.7 Å². The maximum Gasteiger partial charge on any atom is 0.264 e. The Morgan fingerprint density at radius 2 is 1.49 bits per heavy atom. The molecule has 1 fully saturated rings. The summed E-state index contributed by atoms with van der Waals surface area (Å²) in [5.41, 5.74) is 1.04. The third-order valence-electron chi connectivity index (χ3n) is 7.47. The molecule has 230 valence electrons. The minimum Gasteiger partial charge on any atom is -0.494 e. The molecule has 1 saturated carbocycles. The van der Waals surface area contributed by atoms with Crippen LogP contribution in [0.1, 0.15) is 51.5 Å². The van der Waals surface area contributed by atoms with Gasteiger partial charge < -0.3 is 15.0 Å². The normalized spacial score (nSPS) is 14.2. The van der Waals surface area contributed by atoms with Gasteiger partial charge in [0, 0.05) is 22.6 Å². The van der Waals surface area contributed by atoms with Gasteiger partial charge in [-0.1, -0.05) is 55.1 Å². The molecule has 0 heterocycles. The van der Waals surface area contributed by atoms with E-state index in [4.69, 9.17) is 27.9 Å². The summed E-state index contributed by atoms with van der Waals surface area (Å²) in [6, 6.07) is 18.6. The number of nitrogens with one attached hydrogen (secondary N) is 1. The Hall–Kier alpha value is -3.27. The Labute approximate surface area is 264 Å². The number of nitrogens with zero attached hydrogens (tertiary/aromatic N) is 2. The molecule has 8 nitrogen and oxygen atoms in total. The maximum absolute atomic E-state index is 14.2. The zero-order chi connectivity index (χ0) is 31.0. The predicted molar refractivity (Wildman–Crippen MR) is 170 cm³/mol. The highest BCUT2D eigenvalue weighted by Crippen LogP contribution is 2.28. The van der Waals surface area contributed by atoms with E-state index in [1.54, 1.807) is 48.5 Å². The van der Waals surface area contributed by atoms with Gasteiger partial charge in [0.2, 0.25) is 11.8 Å². The van der Waals surface area contributed by atoms with E-state index in [1.165, 1.54) is 29.2 Å². The second-order valence-electron chi connectivity index (χ2n) is 10.5. The third kappa shape index (κ3) is 8.43. The second-order valence-corrected chi connectivity index (χ2v) is 13.2. The molecule has 0 radical (unpaired) electrons. The van der Waals surface area contributed by atoms with Crippen LogP contribution >= 0.6 is 23.2 Å². The first-order chi connectivity index (χ1) is 20.6. The van der Waals surface area contributed by atoms with Gasteiger partial charge in [-0.15, -0.1) is 0 Å². The van der Waals surface area contributed by atoms with Crippen LogP contribution in [0.4, 0.5) is 5.69 Å². The van der Waals surface area contributed by atoms with E-state index in [9.17, 15) is 18.0 Å². The molecule has 0 aromatic heterocycles. The van der Waals surface area contributed by atoms with Crippen molar-refractivity contribution in [2.45, 2.75) is 69.5 Å². The molecule has 1 aliphatic carbocycles. The topological polar surface area (TPSA) is 96.0 Å². The van der Waals surface area contributed by atoms with E-state index in [0.29, 0.717) is 28.8 Å². The third-order valence-corrected chi connectivity index (χ3v) is 9.76. The van der Waals surface area contributed by atoms with Crippen LogP contribution in [0.2, 0.25) is 10.0 Å². The lowest BCUT2D eigenvalue weighted by molar-refractivity contribution is -0.140. The predicted octanol–water partition coefficient (Wildman–Crippen LogP) is 6.45. The van der Waals surface area contributed by atoms with Crippen LogP contribution in [0, 0.1) is 0 Å². The second kappa shape index (κ2) is 14.9. The van der Waals surface area contributed by atoms with Crippen molar-refractivity contribution in [3.63, 3.8) is 0 Å². The van der Waals surface area contributed by atoms with Crippen molar-refractivity contribution in [3.05, 3.63) is 88.4 Å². The lowest BCUT2D eigenvalue weighted by Gasteiger charge is -2.33. The highest BCUT2D eigenvalue weighted by molar-refractivity contribution is 7.92. The van der Waals surface area contributed by atoms with Crippen molar-refractivity contribution in [2.24, 2.45) is 0 Å². The van der Waals surface area contributed by atoms with Crippen molar-refractivity contribution < 1.29 is 22.7 Å². The standard InChI is InChI=1S/C32H37Cl2N3O5S/c1-3-30(32(39)35-26-7-5-6-8-26)36(21-23-9-11-24(33)12-10-23)31(38)22-37(27-15-17-28(18-16-27)42-4-2)43(40,41)29-19-13-25(34)14-20-29/h9-20,26,30H,3-8,21-22H2,1-2H3,(H,35,39)/t30-/m1/s1. The van der Waals surface area contributed by atoms with Gasteiger partial charge in [-0.2, -0.15) is 0 Å². The van der Waals surface area contributed by atoms with Crippen LogP contribution in [-0.4, -0.2) is 50.4 Å². The van der Waals surface area contributed by atoms with E-state index < -0.39 is 28.5 Å². The summed E-state index contributed by atoms with van der Waals surface area (Å²) in [5, 5.41) is 4.04. The Bertz CT molecular complexity index is 1480. The number of hydrogen-bond acceptors (Lipinski definition) is 5. The van der Waals surface area contributed by atoms with Crippen LogP contribution in [-0.2, 0) is 26.2 Å². The molecule has 11 heteroatoms. The van der Waals surface area contributed by atoms with Crippen LogP contribution in [0.5, 0.6) is 5.75 Å². The van der Waals surface area contributed by atoms with Gasteiger partial charge in [-0.05, 0) is 92.4 Å². The molecule has 1 atom stereocenters. The molecule has 43 heavy (non-hydrogen) atoms. The van der Waals surface area contributed by atoms with Crippen LogP contribution in [0.3, 0.4) is 0 Å². The zero-order valence-corrected chi connectivity index (χ0v) is 26.7. The molecule has 3 aromatic rings. The minimum atomic E-state index is -4.21. The van der Waals surface area contributed by atoms with Crippen molar-refractivity contribution in [3.8, 4) is 5.75 Å². The number of carbonyl (C=O) groups is 2. The van der Waals surface area contributed by atoms with Gasteiger partial charge >= 0.3 is 0 Å². The highest BCUT2D eigenvalue weighted by atomic mass is 35.5. The summed E-state index contributed by atoms with van der Waals surface area (Å²) in [4.78, 5) is 29.2. The van der Waals surface area contributed by atoms with Crippen LogP contribution in [0.25, 0.3) is 0 Å². The van der Waals surface area contributed by atoms with Gasteiger partial charge in [-0.25, -0.2) is 8.42 Å². The lowest BCUT2D eigenvalue weighted by atomic mass is 10.1. The molecular formula is C32H37Cl2N3O5S. The summed E-state index contributed by atoms with van der Waals surface area (Å²) >= 11 is 12.1. The number of sulfonamides is 1. The first-order valence-electron chi connectivity index (χ1n) is 14.5. The molecule has 3 aromatic carbocycles. The molecule has 0 bridgehead atoms. The highest BCUT2D eigenvalue weighted by Gasteiger charge is 2.34. The Morgan fingerprint density at radius 3 is 2.05 bits per heavy atom. The Balaban J connectivity index is 1.71. The van der Waals surface area contributed by atoms with Gasteiger partial charge in [-0.3, -0.25) is 13.9 Å². The molecule has 1 aliphatic rings. The summed E-state index contributed by atoms with van der Waals surface area (Å²) in [7, 11) is -4.21. The minimum absolute atomic E-state index is 0.0196. The first kappa shape index (κ1) is 32.6. The number of rotatable bonds is 13. The average molecular weight is 647 g/mol.